The molecule has 0 saturated carbocycles. The Bertz CT molecular complexity index is 510. The second-order valence-electron chi connectivity index (χ2n) is 3.99. The van der Waals surface area contributed by atoms with Gasteiger partial charge in [0.05, 0.1) is 5.69 Å². The van der Waals surface area contributed by atoms with Crippen molar-refractivity contribution < 1.29 is 24.5 Å². The number of para-hydroxylation sites is 1. The molecule has 20 heavy (non-hydrogen) atoms. The van der Waals surface area contributed by atoms with Gasteiger partial charge in [-0.2, -0.15) is 0 Å². The average Bonchev–Trinajstić information content (AvgIpc) is 2.40. The number of nitrogens with one attached hydrogen (secondary N) is 1. The van der Waals surface area contributed by atoms with E-state index in [2.05, 4.69) is 5.32 Å². The second kappa shape index (κ2) is 7.83. The number of aromatic carboxylic acids is 1. The maximum atomic E-state index is 11.5. The predicted molar refractivity (Wildman–Crippen MR) is 74.1 cm³/mol. The molecule has 1 amide bonds. The molecule has 0 saturated heterocycles. The third-order valence-corrected chi connectivity index (χ3v) is 2.44. The number of allylic oxidation sites excluding steroid dienone is 1. The van der Waals surface area contributed by atoms with Gasteiger partial charge in [0.25, 0.3) is 0 Å². The van der Waals surface area contributed by atoms with E-state index < -0.39 is 17.8 Å². The first-order valence-electron chi connectivity index (χ1n) is 6.20. The minimum atomic E-state index is -1.28. The highest BCUT2D eigenvalue weighted by atomic mass is 16.5. The van der Waals surface area contributed by atoms with Crippen molar-refractivity contribution in [2.24, 2.45) is 0 Å². The number of phenols is 1. The van der Waals surface area contributed by atoms with Gasteiger partial charge in [0.1, 0.15) is 12.2 Å². The molecule has 0 spiro atoms. The van der Waals surface area contributed by atoms with E-state index in [0.717, 1.165) is 12.8 Å². The summed E-state index contributed by atoms with van der Waals surface area (Å²) < 4.78 is 4.85. The third kappa shape index (κ3) is 4.64. The van der Waals surface area contributed by atoms with Gasteiger partial charge in [-0.15, -0.1) is 0 Å². The Morgan fingerprint density at radius 3 is 2.75 bits per heavy atom. The number of carbonyl (C=O) groups excluding carboxylic acids is 1. The van der Waals surface area contributed by atoms with Crippen LogP contribution >= 0.6 is 0 Å². The van der Waals surface area contributed by atoms with Crippen LogP contribution in [-0.2, 0) is 4.74 Å². The molecule has 3 N–H and O–H groups in total. The van der Waals surface area contributed by atoms with Gasteiger partial charge in [-0.3, -0.25) is 5.32 Å². The number of carboxylic acids is 1. The zero-order chi connectivity index (χ0) is 15.0. The number of benzene rings is 1. The van der Waals surface area contributed by atoms with E-state index in [-0.39, 0.29) is 17.9 Å². The summed E-state index contributed by atoms with van der Waals surface area (Å²) in [5, 5.41) is 20.8. The van der Waals surface area contributed by atoms with Gasteiger partial charge in [0.2, 0.25) is 0 Å². The fourth-order valence-corrected chi connectivity index (χ4v) is 1.44. The van der Waals surface area contributed by atoms with Crippen LogP contribution in [0.25, 0.3) is 0 Å². The highest BCUT2D eigenvalue weighted by Gasteiger charge is 2.14. The molecule has 1 aromatic rings. The first-order valence-corrected chi connectivity index (χ1v) is 6.20. The molecule has 0 aliphatic heterocycles. The van der Waals surface area contributed by atoms with Crippen LogP contribution in [0.3, 0.4) is 0 Å². The first kappa shape index (κ1) is 15.6. The van der Waals surface area contributed by atoms with Crippen molar-refractivity contribution in [2.75, 3.05) is 11.9 Å². The largest absolute Gasteiger partial charge is 0.505 e. The summed E-state index contributed by atoms with van der Waals surface area (Å²) in [5.74, 6) is -1.78. The molecule has 6 heteroatoms. The summed E-state index contributed by atoms with van der Waals surface area (Å²) in [6.07, 6.45) is 4.78. The molecule has 1 aromatic carbocycles. The zero-order valence-electron chi connectivity index (χ0n) is 11.1. The van der Waals surface area contributed by atoms with Gasteiger partial charge in [-0.05, 0) is 18.6 Å². The van der Waals surface area contributed by atoms with Crippen LogP contribution in [0.15, 0.2) is 30.4 Å². The van der Waals surface area contributed by atoms with Crippen LogP contribution in [0.5, 0.6) is 5.75 Å². The van der Waals surface area contributed by atoms with E-state index >= 15 is 0 Å². The number of anilines is 1. The van der Waals surface area contributed by atoms with E-state index in [1.807, 2.05) is 13.0 Å². The summed E-state index contributed by atoms with van der Waals surface area (Å²) >= 11 is 0. The van der Waals surface area contributed by atoms with Crippen LogP contribution in [0.1, 0.15) is 30.1 Å². The number of rotatable bonds is 6. The third-order valence-electron chi connectivity index (χ3n) is 2.44. The lowest BCUT2D eigenvalue weighted by Gasteiger charge is -2.08. The molecule has 0 aliphatic carbocycles. The summed E-state index contributed by atoms with van der Waals surface area (Å²) in [6, 6.07) is 4.04. The van der Waals surface area contributed by atoms with Crippen molar-refractivity contribution in [3.05, 3.63) is 35.9 Å². The van der Waals surface area contributed by atoms with Crippen LogP contribution in [-0.4, -0.2) is 28.9 Å². The second-order valence-corrected chi connectivity index (χ2v) is 3.99. The molecule has 1 rings (SSSR count). The number of ether oxygens (including phenoxy) is 1. The van der Waals surface area contributed by atoms with Crippen molar-refractivity contribution in [3.63, 3.8) is 0 Å². The van der Waals surface area contributed by atoms with Crippen molar-refractivity contribution >= 4 is 17.7 Å². The quantitative estimate of drug-likeness (QED) is 0.549. The fraction of sp³-hybridized carbons (Fsp3) is 0.286. The zero-order valence-corrected chi connectivity index (χ0v) is 11.1. The Morgan fingerprint density at radius 1 is 1.35 bits per heavy atom. The molecular weight excluding hydrogens is 262 g/mol. The summed E-state index contributed by atoms with van der Waals surface area (Å²) in [7, 11) is 0. The molecule has 0 unspecified atom stereocenters. The minimum Gasteiger partial charge on any atom is -0.505 e. The van der Waals surface area contributed by atoms with Gasteiger partial charge in [0, 0.05) is 0 Å². The van der Waals surface area contributed by atoms with E-state index in [4.69, 9.17) is 9.84 Å². The lowest BCUT2D eigenvalue weighted by atomic mass is 10.2. The SMILES string of the molecule is CCCC=CCOC(=O)Nc1cccc(C(=O)O)c1O. The number of hydrogen-bond acceptors (Lipinski definition) is 4. The van der Waals surface area contributed by atoms with Gasteiger partial charge in [-0.25, -0.2) is 9.59 Å². The topological polar surface area (TPSA) is 95.9 Å². The van der Waals surface area contributed by atoms with Crippen molar-refractivity contribution in [3.8, 4) is 5.75 Å². The van der Waals surface area contributed by atoms with Gasteiger partial charge in [-0.1, -0.05) is 31.6 Å². The molecule has 0 bridgehead atoms. The Morgan fingerprint density at radius 2 is 2.10 bits per heavy atom. The molecule has 6 nitrogen and oxygen atoms in total. The Balaban J connectivity index is 2.58. The van der Waals surface area contributed by atoms with Crippen LogP contribution < -0.4 is 5.32 Å². The van der Waals surface area contributed by atoms with E-state index in [1.165, 1.54) is 18.2 Å². The molecule has 0 heterocycles. The number of aromatic hydroxyl groups is 1. The standard InChI is InChI=1S/C14H17NO5/c1-2-3-4-5-9-20-14(19)15-11-8-6-7-10(12(11)16)13(17)18/h4-8,16H,2-3,9H2,1H3,(H,15,19)(H,17,18). The molecular formula is C14H17NO5. The summed E-state index contributed by atoms with van der Waals surface area (Å²) in [6.45, 7) is 2.15. The van der Waals surface area contributed by atoms with Gasteiger partial charge in [0.15, 0.2) is 5.75 Å². The van der Waals surface area contributed by atoms with Crippen LogP contribution in [0.4, 0.5) is 10.5 Å². The average molecular weight is 279 g/mol. The Hall–Kier alpha value is -2.50. The molecule has 0 aromatic heterocycles. The monoisotopic (exact) mass is 279 g/mol. The van der Waals surface area contributed by atoms with E-state index in [0.29, 0.717) is 0 Å². The van der Waals surface area contributed by atoms with E-state index in [9.17, 15) is 14.7 Å². The first-order chi connectivity index (χ1) is 9.56. The lowest BCUT2D eigenvalue weighted by Crippen LogP contribution is -2.14. The number of amides is 1. The summed E-state index contributed by atoms with van der Waals surface area (Å²) in [5.41, 5.74) is -0.293. The van der Waals surface area contributed by atoms with Crippen molar-refractivity contribution in [2.45, 2.75) is 19.8 Å². The molecule has 0 atom stereocenters. The molecule has 0 aliphatic rings. The molecule has 0 fully saturated rings. The van der Waals surface area contributed by atoms with Crippen molar-refractivity contribution in [1.29, 1.82) is 0 Å². The van der Waals surface area contributed by atoms with Crippen LogP contribution in [0.2, 0.25) is 0 Å². The van der Waals surface area contributed by atoms with Crippen molar-refractivity contribution in [1.82, 2.24) is 0 Å². The maximum Gasteiger partial charge on any atom is 0.412 e. The normalized spacial score (nSPS) is 10.4. The van der Waals surface area contributed by atoms with E-state index in [1.54, 1.807) is 6.08 Å². The molecule has 108 valence electrons. The molecule has 0 radical (unpaired) electrons. The van der Waals surface area contributed by atoms with Gasteiger partial charge >= 0.3 is 12.1 Å². The number of unbranched alkanes of at least 4 members (excludes halogenated alkanes) is 1. The minimum absolute atomic E-state index is 0.00700. The number of hydrogen-bond donors (Lipinski definition) is 3. The maximum absolute atomic E-state index is 11.5. The fourth-order valence-electron chi connectivity index (χ4n) is 1.44. The Labute approximate surface area is 116 Å². The van der Waals surface area contributed by atoms with Gasteiger partial charge < -0.3 is 14.9 Å². The summed E-state index contributed by atoms with van der Waals surface area (Å²) in [4.78, 5) is 22.3. The number of carbonyl (C=O) groups is 2. The number of carboxylic acid groups (broad SMARTS) is 1. The van der Waals surface area contributed by atoms with Crippen LogP contribution in [0, 0.1) is 0 Å². The highest BCUT2D eigenvalue weighted by Crippen LogP contribution is 2.27. The lowest BCUT2D eigenvalue weighted by molar-refractivity contribution is 0.0693. The highest BCUT2D eigenvalue weighted by molar-refractivity contribution is 5.96. The smallest absolute Gasteiger partial charge is 0.412 e. The Kier molecular flexibility index (Phi) is 6.09. The predicted octanol–water partition coefficient (Wildman–Crippen LogP) is 3.00.